The molecule has 0 unspecified atom stereocenters. The second-order valence-electron chi connectivity index (χ2n) is 4.07. The molecule has 0 aliphatic carbocycles. The Balaban J connectivity index is 3.19. The zero-order chi connectivity index (χ0) is 9.35. The summed E-state index contributed by atoms with van der Waals surface area (Å²) in [5.41, 5.74) is 2.03. The molecule has 66 valence electrons. The van der Waals surface area contributed by atoms with E-state index in [1.54, 1.807) is 0 Å². The molecule has 2 heteroatoms. The minimum atomic E-state index is 0.107. The maximum absolute atomic E-state index is 10.5. The second kappa shape index (κ2) is 2.77. The summed E-state index contributed by atoms with van der Waals surface area (Å²) in [6, 6.07) is 3.86. The molecule has 1 heterocycles. The first-order chi connectivity index (χ1) is 5.46. The lowest BCUT2D eigenvalue weighted by atomic mass is 9.92. The van der Waals surface area contributed by atoms with Crippen molar-refractivity contribution in [1.29, 1.82) is 0 Å². The van der Waals surface area contributed by atoms with Gasteiger partial charge < -0.3 is 4.57 Å². The van der Waals surface area contributed by atoms with Crippen LogP contribution in [0, 0.1) is 0 Å². The van der Waals surface area contributed by atoms with Gasteiger partial charge in [-0.15, -0.1) is 0 Å². The average Bonchev–Trinajstić information content (AvgIpc) is 2.29. The van der Waals surface area contributed by atoms with Crippen LogP contribution in [0.1, 0.15) is 37.0 Å². The van der Waals surface area contributed by atoms with E-state index < -0.39 is 0 Å². The van der Waals surface area contributed by atoms with Gasteiger partial charge >= 0.3 is 0 Å². The summed E-state index contributed by atoms with van der Waals surface area (Å²) < 4.78 is 1.94. The number of carbonyl (C=O) groups excluding carboxylic acids is 1. The molecule has 1 rings (SSSR count). The number of aldehydes is 1. The SMILES string of the molecule is Cn1c(C=O)ccc1C(C)(C)C. The molecule has 0 amide bonds. The fraction of sp³-hybridized carbons (Fsp3) is 0.500. The van der Waals surface area contributed by atoms with E-state index in [1.165, 1.54) is 5.69 Å². The molecule has 0 saturated heterocycles. The first-order valence-corrected chi connectivity index (χ1v) is 4.08. The van der Waals surface area contributed by atoms with Crippen molar-refractivity contribution >= 4 is 6.29 Å². The number of carbonyl (C=O) groups is 1. The lowest BCUT2D eigenvalue weighted by Crippen LogP contribution is -2.16. The maximum atomic E-state index is 10.5. The maximum Gasteiger partial charge on any atom is 0.166 e. The molecule has 0 radical (unpaired) electrons. The molecular formula is C10H15NO. The molecule has 0 saturated carbocycles. The number of hydrogen-bond donors (Lipinski definition) is 0. The summed E-state index contributed by atoms with van der Waals surface area (Å²) in [5.74, 6) is 0. The summed E-state index contributed by atoms with van der Waals surface area (Å²) in [7, 11) is 1.92. The van der Waals surface area contributed by atoms with Crippen molar-refractivity contribution in [3.05, 3.63) is 23.5 Å². The van der Waals surface area contributed by atoms with Crippen LogP contribution in [0.15, 0.2) is 12.1 Å². The topological polar surface area (TPSA) is 22.0 Å². The Morgan fingerprint density at radius 3 is 2.17 bits per heavy atom. The number of aromatic nitrogens is 1. The third-order valence-corrected chi connectivity index (χ3v) is 2.05. The van der Waals surface area contributed by atoms with Crippen molar-refractivity contribution in [3.8, 4) is 0 Å². The normalized spacial score (nSPS) is 11.7. The fourth-order valence-corrected chi connectivity index (χ4v) is 1.40. The van der Waals surface area contributed by atoms with Crippen LogP contribution in [0.25, 0.3) is 0 Å². The Kier molecular flexibility index (Phi) is 2.09. The molecule has 1 aromatic heterocycles. The van der Waals surface area contributed by atoms with Gasteiger partial charge in [0.2, 0.25) is 0 Å². The van der Waals surface area contributed by atoms with Gasteiger partial charge in [-0.2, -0.15) is 0 Å². The van der Waals surface area contributed by atoms with Crippen LogP contribution in [-0.2, 0) is 12.5 Å². The Morgan fingerprint density at radius 2 is 1.92 bits per heavy atom. The van der Waals surface area contributed by atoms with E-state index in [9.17, 15) is 4.79 Å². The van der Waals surface area contributed by atoms with Crippen LogP contribution in [0.4, 0.5) is 0 Å². The van der Waals surface area contributed by atoms with E-state index in [0.29, 0.717) is 0 Å². The Hall–Kier alpha value is -1.05. The van der Waals surface area contributed by atoms with Crippen LogP contribution < -0.4 is 0 Å². The van der Waals surface area contributed by atoms with Crippen molar-refractivity contribution in [2.24, 2.45) is 7.05 Å². The van der Waals surface area contributed by atoms with Gasteiger partial charge in [0.15, 0.2) is 6.29 Å². The molecule has 0 aliphatic heterocycles. The van der Waals surface area contributed by atoms with Gasteiger partial charge in [-0.05, 0) is 12.1 Å². The van der Waals surface area contributed by atoms with Crippen LogP contribution in [0.5, 0.6) is 0 Å². The monoisotopic (exact) mass is 165 g/mol. The smallest absolute Gasteiger partial charge is 0.166 e. The summed E-state index contributed by atoms with van der Waals surface area (Å²) in [5, 5.41) is 0. The summed E-state index contributed by atoms with van der Waals surface area (Å²) in [4.78, 5) is 10.5. The second-order valence-corrected chi connectivity index (χ2v) is 4.07. The summed E-state index contributed by atoms with van der Waals surface area (Å²) in [6.45, 7) is 6.41. The van der Waals surface area contributed by atoms with E-state index in [4.69, 9.17) is 0 Å². The lowest BCUT2D eigenvalue weighted by Gasteiger charge is -2.19. The molecule has 2 nitrogen and oxygen atoms in total. The number of rotatable bonds is 1. The molecule has 0 atom stereocenters. The van der Waals surface area contributed by atoms with Gasteiger partial charge in [0, 0.05) is 18.2 Å². The van der Waals surface area contributed by atoms with E-state index in [2.05, 4.69) is 20.8 Å². The minimum Gasteiger partial charge on any atom is -0.345 e. The standard InChI is InChI=1S/C10H15NO/c1-10(2,3)9-6-5-8(7-12)11(9)4/h5-7H,1-4H3. The van der Waals surface area contributed by atoms with E-state index in [-0.39, 0.29) is 5.41 Å². The predicted molar refractivity (Wildman–Crippen MR) is 49.5 cm³/mol. The minimum absolute atomic E-state index is 0.107. The fourth-order valence-electron chi connectivity index (χ4n) is 1.40. The highest BCUT2D eigenvalue weighted by Gasteiger charge is 2.17. The Morgan fingerprint density at radius 1 is 1.33 bits per heavy atom. The third kappa shape index (κ3) is 1.42. The van der Waals surface area contributed by atoms with Gasteiger partial charge in [0.25, 0.3) is 0 Å². The predicted octanol–water partition coefficient (Wildman–Crippen LogP) is 2.14. The van der Waals surface area contributed by atoms with Crippen LogP contribution in [0.2, 0.25) is 0 Å². The molecule has 0 spiro atoms. The van der Waals surface area contributed by atoms with E-state index >= 15 is 0 Å². The lowest BCUT2D eigenvalue weighted by molar-refractivity contribution is 0.111. The van der Waals surface area contributed by atoms with E-state index in [1.807, 2.05) is 23.7 Å². The number of hydrogen-bond acceptors (Lipinski definition) is 1. The summed E-state index contributed by atoms with van der Waals surface area (Å²) >= 11 is 0. The third-order valence-electron chi connectivity index (χ3n) is 2.05. The molecule has 0 fully saturated rings. The van der Waals surface area contributed by atoms with Gasteiger partial charge in [-0.3, -0.25) is 4.79 Å². The van der Waals surface area contributed by atoms with Gasteiger partial charge in [0.05, 0.1) is 5.69 Å². The van der Waals surface area contributed by atoms with Gasteiger partial charge in [-0.25, -0.2) is 0 Å². The quantitative estimate of drug-likeness (QED) is 0.584. The molecule has 0 aliphatic rings. The van der Waals surface area contributed by atoms with E-state index in [0.717, 1.165) is 12.0 Å². The largest absolute Gasteiger partial charge is 0.345 e. The highest BCUT2D eigenvalue weighted by atomic mass is 16.1. The Bertz CT molecular complexity index is 291. The number of nitrogens with zero attached hydrogens (tertiary/aromatic N) is 1. The van der Waals surface area contributed by atoms with Crippen LogP contribution in [-0.4, -0.2) is 10.9 Å². The molecule has 1 aromatic rings. The van der Waals surface area contributed by atoms with Crippen LogP contribution >= 0.6 is 0 Å². The van der Waals surface area contributed by atoms with Crippen molar-refractivity contribution in [2.75, 3.05) is 0 Å². The molecule has 0 bridgehead atoms. The molecule has 0 aromatic carbocycles. The van der Waals surface area contributed by atoms with Gasteiger partial charge in [0.1, 0.15) is 0 Å². The highest BCUT2D eigenvalue weighted by Crippen LogP contribution is 2.22. The average molecular weight is 165 g/mol. The molecular weight excluding hydrogens is 150 g/mol. The summed E-state index contributed by atoms with van der Waals surface area (Å²) in [6.07, 6.45) is 0.884. The zero-order valence-corrected chi connectivity index (χ0v) is 8.09. The van der Waals surface area contributed by atoms with Crippen molar-refractivity contribution < 1.29 is 4.79 Å². The zero-order valence-electron chi connectivity index (χ0n) is 8.09. The Labute approximate surface area is 73.2 Å². The van der Waals surface area contributed by atoms with Crippen molar-refractivity contribution in [3.63, 3.8) is 0 Å². The first kappa shape index (κ1) is 9.04. The first-order valence-electron chi connectivity index (χ1n) is 4.08. The molecule has 12 heavy (non-hydrogen) atoms. The van der Waals surface area contributed by atoms with Crippen molar-refractivity contribution in [1.82, 2.24) is 4.57 Å². The molecule has 0 N–H and O–H groups in total. The van der Waals surface area contributed by atoms with Crippen molar-refractivity contribution in [2.45, 2.75) is 26.2 Å². The van der Waals surface area contributed by atoms with Crippen LogP contribution in [0.3, 0.4) is 0 Å². The van der Waals surface area contributed by atoms with Gasteiger partial charge in [-0.1, -0.05) is 20.8 Å². The highest BCUT2D eigenvalue weighted by molar-refractivity contribution is 5.72.